The smallest absolute Gasteiger partial charge is 0.245 e. The monoisotopic (exact) mass is 156 g/mol. The lowest BCUT2D eigenvalue weighted by Gasteiger charge is -2.32. The molecule has 0 aliphatic carbocycles. The minimum atomic E-state index is -0.517. The van der Waals surface area contributed by atoms with Crippen LogP contribution < -0.4 is 5.32 Å². The summed E-state index contributed by atoms with van der Waals surface area (Å²) in [7, 11) is 3.45. The lowest BCUT2D eigenvalue weighted by molar-refractivity contribution is -0.129. The molecule has 64 valence electrons. The predicted octanol–water partition coefficient (Wildman–Crippen LogP) is 0.586. The van der Waals surface area contributed by atoms with Gasteiger partial charge in [0, 0.05) is 14.1 Å². The van der Waals surface area contributed by atoms with Gasteiger partial charge in [0.05, 0.1) is 0 Å². The maximum atomic E-state index is 11.2. The van der Waals surface area contributed by atoms with Crippen LogP contribution in [0.15, 0.2) is 12.8 Å². The second kappa shape index (κ2) is 3.42. The molecule has 1 N–H and O–H groups in total. The van der Waals surface area contributed by atoms with E-state index in [1.54, 1.807) is 18.1 Å². The van der Waals surface area contributed by atoms with Gasteiger partial charge in [0.15, 0.2) is 0 Å². The van der Waals surface area contributed by atoms with Crippen molar-refractivity contribution in [3.05, 3.63) is 12.8 Å². The Morgan fingerprint density at radius 2 is 2.09 bits per heavy atom. The van der Waals surface area contributed by atoms with Crippen molar-refractivity contribution in [3.63, 3.8) is 0 Å². The van der Waals surface area contributed by atoms with Gasteiger partial charge in [-0.3, -0.25) is 4.79 Å². The fourth-order valence-corrected chi connectivity index (χ4v) is 0.694. The number of carbonyl (C=O) groups excluding carboxylic acids is 1. The van der Waals surface area contributed by atoms with E-state index in [0.29, 0.717) is 0 Å². The molecule has 0 spiro atoms. The van der Waals surface area contributed by atoms with E-state index in [-0.39, 0.29) is 5.91 Å². The van der Waals surface area contributed by atoms with Crippen molar-refractivity contribution in [1.82, 2.24) is 10.2 Å². The van der Waals surface area contributed by atoms with Gasteiger partial charge < -0.3 is 10.2 Å². The maximum absolute atomic E-state index is 11.2. The highest BCUT2D eigenvalue weighted by molar-refractivity contribution is 5.85. The van der Waals surface area contributed by atoms with E-state index in [9.17, 15) is 4.79 Å². The summed E-state index contributed by atoms with van der Waals surface area (Å²) in [4.78, 5) is 13.0. The quantitative estimate of drug-likeness (QED) is 0.648. The summed E-state index contributed by atoms with van der Waals surface area (Å²) in [5, 5.41) is 2.59. The number of carbonyl (C=O) groups is 1. The molecule has 0 saturated heterocycles. The highest BCUT2D eigenvalue weighted by Crippen LogP contribution is 2.11. The number of nitrogens with one attached hydrogen (secondary N) is 1. The van der Waals surface area contributed by atoms with Crippen LogP contribution in [0.1, 0.15) is 13.8 Å². The molecule has 0 aliphatic rings. The Labute approximate surface area is 68.1 Å². The molecule has 0 unspecified atom stereocenters. The SMILES string of the molecule is C=CN(C)C(C)(C)C(=O)NC. The van der Waals surface area contributed by atoms with Crippen LogP contribution in [-0.4, -0.2) is 30.4 Å². The fourth-order valence-electron chi connectivity index (χ4n) is 0.694. The van der Waals surface area contributed by atoms with Gasteiger partial charge in [0.2, 0.25) is 5.91 Å². The first-order valence-electron chi connectivity index (χ1n) is 3.54. The van der Waals surface area contributed by atoms with Crippen LogP contribution in [-0.2, 0) is 4.79 Å². The molecule has 0 aliphatic heterocycles. The Hall–Kier alpha value is -0.990. The summed E-state index contributed by atoms with van der Waals surface area (Å²) < 4.78 is 0. The number of hydrogen-bond acceptors (Lipinski definition) is 2. The van der Waals surface area contributed by atoms with Gasteiger partial charge in [-0.1, -0.05) is 6.58 Å². The molecule has 1 amide bonds. The van der Waals surface area contributed by atoms with Crippen LogP contribution in [0.5, 0.6) is 0 Å². The first-order chi connectivity index (χ1) is 4.96. The summed E-state index contributed by atoms with van der Waals surface area (Å²) >= 11 is 0. The molecule has 11 heavy (non-hydrogen) atoms. The van der Waals surface area contributed by atoms with Crippen molar-refractivity contribution in [2.75, 3.05) is 14.1 Å². The van der Waals surface area contributed by atoms with Crippen molar-refractivity contribution in [2.24, 2.45) is 0 Å². The summed E-state index contributed by atoms with van der Waals surface area (Å²) in [5.74, 6) is -0.0140. The normalized spacial score (nSPS) is 10.5. The van der Waals surface area contributed by atoms with Crippen molar-refractivity contribution in [1.29, 1.82) is 0 Å². The molecule has 0 radical (unpaired) electrons. The van der Waals surface area contributed by atoms with Gasteiger partial charge in [0.25, 0.3) is 0 Å². The van der Waals surface area contributed by atoms with E-state index in [1.807, 2.05) is 20.9 Å². The van der Waals surface area contributed by atoms with Crippen LogP contribution in [0.4, 0.5) is 0 Å². The summed E-state index contributed by atoms with van der Waals surface area (Å²) in [6.45, 7) is 7.27. The number of rotatable bonds is 3. The molecule has 3 nitrogen and oxygen atoms in total. The zero-order valence-electron chi connectivity index (χ0n) is 7.64. The molecule has 0 rings (SSSR count). The molecule has 3 heteroatoms. The van der Waals surface area contributed by atoms with E-state index >= 15 is 0 Å². The Kier molecular flexibility index (Phi) is 3.11. The topological polar surface area (TPSA) is 32.3 Å². The minimum absolute atomic E-state index is 0.0140. The number of hydrogen-bond donors (Lipinski definition) is 1. The lowest BCUT2D eigenvalue weighted by Crippen LogP contribution is -2.50. The Morgan fingerprint density at radius 1 is 1.64 bits per heavy atom. The number of nitrogens with zero attached hydrogens (tertiary/aromatic N) is 1. The van der Waals surface area contributed by atoms with E-state index < -0.39 is 5.54 Å². The molecule has 0 aromatic heterocycles. The molecule has 0 saturated carbocycles. The average molecular weight is 156 g/mol. The van der Waals surface area contributed by atoms with Gasteiger partial charge in [-0.2, -0.15) is 0 Å². The Balaban J connectivity index is 4.43. The zero-order chi connectivity index (χ0) is 9.07. The summed E-state index contributed by atoms with van der Waals surface area (Å²) in [6.07, 6.45) is 1.63. The van der Waals surface area contributed by atoms with Gasteiger partial charge in [-0.05, 0) is 20.0 Å². The van der Waals surface area contributed by atoms with E-state index in [1.165, 1.54) is 0 Å². The molecule has 0 fully saturated rings. The van der Waals surface area contributed by atoms with E-state index in [0.717, 1.165) is 0 Å². The van der Waals surface area contributed by atoms with Crippen LogP contribution >= 0.6 is 0 Å². The largest absolute Gasteiger partial charge is 0.367 e. The van der Waals surface area contributed by atoms with Crippen LogP contribution in [0.3, 0.4) is 0 Å². The van der Waals surface area contributed by atoms with Crippen LogP contribution in [0.25, 0.3) is 0 Å². The van der Waals surface area contributed by atoms with Gasteiger partial charge in [-0.15, -0.1) is 0 Å². The summed E-state index contributed by atoms with van der Waals surface area (Å²) in [5.41, 5.74) is -0.517. The molecule has 0 heterocycles. The third-order valence-electron chi connectivity index (χ3n) is 1.94. The molecule has 0 bridgehead atoms. The van der Waals surface area contributed by atoms with Crippen molar-refractivity contribution in [3.8, 4) is 0 Å². The van der Waals surface area contributed by atoms with E-state index in [2.05, 4.69) is 11.9 Å². The molecular formula is C8H16N2O. The van der Waals surface area contributed by atoms with Gasteiger partial charge >= 0.3 is 0 Å². The molecule has 0 aromatic carbocycles. The highest BCUT2D eigenvalue weighted by atomic mass is 16.2. The number of likely N-dealkylation sites (N-methyl/N-ethyl adjacent to an activating group) is 2. The van der Waals surface area contributed by atoms with E-state index in [4.69, 9.17) is 0 Å². The molecule has 0 aromatic rings. The standard InChI is InChI=1S/C8H16N2O/c1-6-10(5)8(2,3)7(11)9-4/h6H,1H2,2-5H3,(H,9,11). The van der Waals surface area contributed by atoms with Crippen LogP contribution in [0, 0.1) is 0 Å². The third kappa shape index (κ3) is 1.97. The highest BCUT2D eigenvalue weighted by Gasteiger charge is 2.28. The Bertz CT molecular complexity index is 163. The maximum Gasteiger partial charge on any atom is 0.245 e. The fraction of sp³-hybridized carbons (Fsp3) is 0.625. The van der Waals surface area contributed by atoms with Crippen molar-refractivity contribution >= 4 is 5.91 Å². The lowest BCUT2D eigenvalue weighted by atomic mass is 10.0. The first kappa shape index (κ1) is 10.0. The number of amides is 1. The van der Waals surface area contributed by atoms with Crippen molar-refractivity contribution < 1.29 is 4.79 Å². The zero-order valence-corrected chi connectivity index (χ0v) is 7.64. The predicted molar refractivity (Wildman–Crippen MR) is 46.1 cm³/mol. The van der Waals surface area contributed by atoms with Crippen molar-refractivity contribution in [2.45, 2.75) is 19.4 Å². The third-order valence-corrected chi connectivity index (χ3v) is 1.94. The molecular weight excluding hydrogens is 140 g/mol. The molecule has 0 atom stereocenters. The first-order valence-corrected chi connectivity index (χ1v) is 3.54. The minimum Gasteiger partial charge on any atom is -0.367 e. The van der Waals surface area contributed by atoms with Crippen LogP contribution in [0.2, 0.25) is 0 Å². The average Bonchev–Trinajstić information content (AvgIpc) is 2.01. The second-order valence-corrected chi connectivity index (χ2v) is 2.93. The van der Waals surface area contributed by atoms with Gasteiger partial charge in [-0.25, -0.2) is 0 Å². The summed E-state index contributed by atoms with van der Waals surface area (Å²) in [6, 6.07) is 0. The van der Waals surface area contributed by atoms with Gasteiger partial charge in [0.1, 0.15) is 5.54 Å². The second-order valence-electron chi connectivity index (χ2n) is 2.93. The Morgan fingerprint density at radius 3 is 2.36 bits per heavy atom.